The highest BCUT2D eigenvalue weighted by atomic mass is 17.1. The van der Waals surface area contributed by atoms with Gasteiger partial charge in [-0.05, 0) is 11.5 Å². The number of hydrogen-bond donors (Lipinski definition) is 1. The first-order valence-corrected chi connectivity index (χ1v) is 5.02. The molecule has 1 atom stereocenters. The average Bonchev–Trinajstić information content (AvgIpc) is 2.29. The van der Waals surface area contributed by atoms with Crippen molar-refractivity contribution in [2.24, 2.45) is 0 Å². The van der Waals surface area contributed by atoms with Crippen LogP contribution in [0.3, 0.4) is 0 Å². The normalized spacial score (nSPS) is 14.3. The molecule has 0 aromatic heterocycles. The van der Waals surface area contributed by atoms with Crippen molar-refractivity contribution in [1.82, 2.24) is 0 Å². The van der Waals surface area contributed by atoms with E-state index < -0.39 is 10.9 Å². The van der Waals surface area contributed by atoms with Gasteiger partial charge in [0.2, 0.25) is 5.75 Å². The molecule has 1 unspecified atom stereocenters. The molecule has 17 heavy (non-hydrogen) atoms. The molecule has 88 valence electrons. The molecule has 0 spiro atoms. The van der Waals surface area contributed by atoms with E-state index in [4.69, 9.17) is 4.84 Å². The molecule has 5 heteroatoms. The second kappa shape index (κ2) is 4.14. The summed E-state index contributed by atoms with van der Waals surface area (Å²) in [7, 11) is 0. The van der Waals surface area contributed by atoms with E-state index in [1.54, 1.807) is 18.2 Å². The summed E-state index contributed by atoms with van der Waals surface area (Å²) in [4.78, 5) is 13.3. The van der Waals surface area contributed by atoms with Gasteiger partial charge in [-0.15, -0.1) is 0 Å². The number of hydrogen-bond acceptors (Lipinski definition) is 4. The molecule has 0 saturated carbocycles. The molecule has 0 bridgehead atoms. The predicted octanol–water partition coefficient (Wildman–Crippen LogP) is 2.38. The van der Waals surface area contributed by atoms with E-state index in [-0.39, 0.29) is 5.75 Å². The molecule has 5 nitrogen and oxygen atoms in total. The third-order valence-electron chi connectivity index (χ3n) is 2.37. The van der Waals surface area contributed by atoms with Crippen molar-refractivity contribution in [2.75, 3.05) is 0 Å². The van der Waals surface area contributed by atoms with Gasteiger partial charge in [-0.3, -0.25) is 4.84 Å². The van der Waals surface area contributed by atoms with E-state index in [9.17, 15) is 15.2 Å². The number of carbonyl (C=O) groups is 1. The first-order valence-electron chi connectivity index (χ1n) is 5.02. The van der Waals surface area contributed by atoms with Crippen molar-refractivity contribution in [3.05, 3.63) is 47.7 Å². The van der Waals surface area contributed by atoms with Crippen molar-refractivity contribution in [3.63, 3.8) is 0 Å². The zero-order valence-electron chi connectivity index (χ0n) is 9.16. The zero-order chi connectivity index (χ0) is 12.5. The van der Waals surface area contributed by atoms with Gasteiger partial charge in [-0.25, -0.2) is 4.79 Å². The molecule has 0 aliphatic rings. The quantitative estimate of drug-likeness (QED) is 0.491. The molecule has 0 aliphatic heterocycles. The van der Waals surface area contributed by atoms with Crippen molar-refractivity contribution in [2.45, 2.75) is 6.92 Å². The SMILES string of the molecule is CC(=O)[N+]([O-])(O)Oc1cccc2ccccc12. The molecule has 2 aromatic carbocycles. The predicted molar refractivity (Wildman–Crippen MR) is 60.7 cm³/mol. The fraction of sp³-hybridized carbons (Fsp3) is 0.0833. The summed E-state index contributed by atoms with van der Waals surface area (Å²) in [6.45, 7) is 0.956. The second-order valence-electron chi connectivity index (χ2n) is 3.61. The van der Waals surface area contributed by atoms with Crippen LogP contribution in [0, 0.1) is 5.21 Å². The lowest BCUT2D eigenvalue weighted by Gasteiger charge is -2.26. The number of hydroxylamine groups is 3. The fourth-order valence-corrected chi connectivity index (χ4v) is 1.47. The Hall–Kier alpha value is -1.95. The molecular weight excluding hydrogens is 222 g/mol. The van der Waals surface area contributed by atoms with Gasteiger partial charge in [0.1, 0.15) is 0 Å². The summed E-state index contributed by atoms with van der Waals surface area (Å²) in [5.74, 6) is -0.881. The largest absolute Gasteiger partial charge is 0.547 e. The van der Waals surface area contributed by atoms with Crippen LogP contribution < -0.4 is 4.84 Å². The summed E-state index contributed by atoms with van der Waals surface area (Å²) in [5.41, 5.74) is 0. The van der Waals surface area contributed by atoms with E-state index >= 15 is 0 Å². The van der Waals surface area contributed by atoms with Crippen LogP contribution in [-0.4, -0.2) is 16.1 Å². The zero-order valence-corrected chi connectivity index (χ0v) is 9.16. The molecule has 0 aliphatic carbocycles. The molecule has 1 N–H and O–H groups in total. The van der Waals surface area contributed by atoms with Gasteiger partial charge in [-0.2, -0.15) is 5.21 Å². The van der Waals surface area contributed by atoms with Gasteiger partial charge in [0.15, 0.2) is 0 Å². The van der Waals surface area contributed by atoms with Gasteiger partial charge in [0, 0.05) is 10.4 Å². The number of nitrogens with zero attached hydrogens (tertiary/aromatic N) is 1. The van der Waals surface area contributed by atoms with Gasteiger partial charge < -0.3 is 5.21 Å². The van der Waals surface area contributed by atoms with E-state index in [0.29, 0.717) is 5.39 Å². The molecule has 0 radical (unpaired) electrons. The number of rotatable bonds is 2. The average molecular weight is 233 g/mol. The van der Waals surface area contributed by atoms with Crippen LogP contribution >= 0.6 is 0 Å². The van der Waals surface area contributed by atoms with E-state index in [1.807, 2.05) is 18.2 Å². The lowest BCUT2D eigenvalue weighted by molar-refractivity contribution is -1.13. The smallest absolute Gasteiger partial charge is 0.386 e. The Morgan fingerprint density at radius 2 is 1.88 bits per heavy atom. The standard InChI is InChI=1S/C12H11NO4/c1-9(14)13(15,16)17-12-8-4-6-10-5-2-3-7-11(10)12/h2-8,15H,1H3. The van der Waals surface area contributed by atoms with Crippen molar-refractivity contribution < 1.29 is 19.8 Å². The van der Waals surface area contributed by atoms with Crippen LogP contribution in [-0.2, 0) is 4.79 Å². The highest BCUT2D eigenvalue weighted by Crippen LogP contribution is 2.26. The van der Waals surface area contributed by atoms with Gasteiger partial charge in [0.05, 0.1) is 6.92 Å². The van der Waals surface area contributed by atoms with Crippen LogP contribution in [0.5, 0.6) is 5.75 Å². The third-order valence-corrected chi connectivity index (χ3v) is 2.37. The Morgan fingerprint density at radius 1 is 1.24 bits per heavy atom. The maximum absolute atomic E-state index is 11.3. The van der Waals surface area contributed by atoms with Crippen LogP contribution in [0.25, 0.3) is 10.8 Å². The van der Waals surface area contributed by atoms with Gasteiger partial charge >= 0.3 is 5.91 Å². The Balaban J connectivity index is 2.46. The highest BCUT2D eigenvalue weighted by molar-refractivity contribution is 5.88. The van der Waals surface area contributed by atoms with Crippen molar-refractivity contribution in [3.8, 4) is 5.75 Å². The maximum Gasteiger partial charge on any atom is 0.386 e. The molecule has 0 heterocycles. The minimum atomic E-state index is -2.37. The Bertz CT molecular complexity index is 560. The maximum atomic E-state index is 11.3. The van der Waals surface area contributed by atoms with Crippen molar-refractivity contribution >= 4 is 16.7 Å². The van der Waals surface area contributed by atoms with Crippen LogP contribution in [0.15, 0.2) is 42.5 Å². The minimum Gasteiger partial charge on any atom is -0.547 e. The highest BCUT2D eigenvalue weighted by Gasteiger charge is 2.25. The van der Waals surface area contributed by atoms with Gasteiger partial charge in [-0.1, -0.05) is 36.4 Å². The van der Waals surface area contributed by atoms with Gasteiger partial charge in [0.25, 0.3) is 0 Å². The molecular formula is C12H11NO4. The van der Waals surface area contributed by atoms with Crippen LogP contribution in [0.1, 0.15) is 6.92 Å². The monoisotopic (exact) mass is 233 g/mol. The number of carbonyl (C=O) groups excluding carboxylic acids is 1. The molecule has 2 rings (SSSR count). The topological polar surface area (TPSA) is 69.6 Å². The third kappa shape index (κ3) is 2.26. The lowest BCUT2D eigenvalue weighted by atomic mass is 10.1. The Kier molecular flexibility index (Phi) is 2.81. The number of benzene rings is 2. The summed E-state index contributed by atoms with van der Waals surface area (Å²) < 4.78 is 0. The van der Waals surface area contributed by atoms with E-state index in [0.717, 1.165) is 12.3 Å². The molecule has 1 amide bonds. The first-order chi connectivity index (χ1) is 8.00. The summed E-state index contributed by atoms with van der Waals surface area (Å²) in [5, 5.41) is 22.1. The summed E-state index contributed by atoms with van der Waals surface area (Å²) in [6.07, 6.45) is 0. The number of quaternary nitrogens is 1. The lowest BCUT2D eigenvalue weighted by Crippen LogP contribution is -2.45. The molecule has 2 aromatic rings. The van der Waals surface area contributed by atoms with Crippen molar-refractivity contribution in [1.29, 1.82) is 0 Å². The molecule has 0 saturated heterocycles. The van der Waals surface area contributed by atoms with Crippen LogP contribution in [0.2, 0.25) is 0 Å². The Labute approximate surface area is 97.5 Å². The van der Waals surface area contributed by atoms with E-state index in [2.05, 4.69) is 0 Å². The minimum absolute atomic E-state index is 0.163. The Morgan fingerprint density at radius 3 is 2.59 bits per heavy atom. The number of fused-ring (bicyclic) bond motifs is 1. The number of amides is 1. The first kappa shape index (κ1) is 11.5. The molecule has 0 fully saturated rings. The van der Waals surface area contributed by atoms with E-state index in [1.165, 1.54) is 6.07 Å². The summed E-state index contributed by atoms with van der Waals surface area (Å²) in [6, 6.07) is 12.2. The second-order valence-corrected chi connectivity index (χ2v) is 3.61. The fourth-order valence-electron chi connectivity index (χ4n) is 1.47. The summed E-state index contributed by atoms with van der Waals surface area (Å²) >= 11 is 0. The van der Waals surface area contributed by atoms with Crippen LogP contribution in [0.4, 0.5) is 0 Å².